The predicted octanol–water partition coefficient (Wildman–Crippen LogP) is 2.32. The minimum Gasteiger partial charge on any atom is -0.395 e. The zero-order valence-electron chi connectivity index (χ0n) is 14.0. The summed E-state index contributed by atoms with van der Waals surface area (Å²) in [6.45, 7) is 2.20. The summed E-state index contributed by atoms with van der Waals surface area (Å²) in [5, 5.41) is 9.07. The molecule has 5 nitrogen and oxygen atoms in total. The Bertz CT molecular complexity index is 674. The Hall–Kier alpha value is -1.66. The van der Waals surface area contributed by atoms with Crippen LogP contribution in [0.25, 0.3) is 0 Å². The van der Waals surface area contributed by atoms with Crippen molar-refractivity contribution < 1.29 is 19.1 Å². The Morgan fingerprint density at radius 3 is 2.64 bits per heavy atom. The van der Waals surface area contributed by atoms with Gasteiger partial charge < -0.3 is 14.9 Å². The largest absolute Gasteiger partial charge is 0.395 e. The van der Waals surface area contributed by atoms with E-state index in [9.17, 15) is 14.0 Å². The second kappa shape index (κ2) is 7.30. The Morgan fingerprint density at radius 1 is 1.28 bits per heavy atom. The topological polar surface area (TPSA) is 60.9 Å². The fourth-order valence-corrected chi connectivity index (χ4v) is 4.01. The Kier molecular flexibility index (Phi) is 5.29. The fourth-order valence-electron chi connectivity index (χ4n) is 3.83. The number of aliphatic hydroxyl groups is 1. The van der Waals surface area contributed by atoms with Crippen LogP contribution in [0.4, 0.5) is 4.39 Å². The number of likely N-dealkylation sites (tertiary alicyclic amines) is 2. The molecule has 0 radical (unpaired) electrons. The molecule has 2 heterocycles. The molecule has 2 saturated heterocycles. The Balaban J connectivity index is 1.64. The van der Waals surface area contributed by atoms with Gasteiger partial charge in [-0.2, -0.15) is 0 Å². The van der Waals surface area contributed by atoms with Crippen molar-refractivity contribution in [3.8, 4) is 0 Å². The maximum Gasteiger partial charge on any atom is 0.253 e. The zero-order chi connectivity index (χ0) is 18.0. The van der Waals surface area contributed by atoms with Crippen molar-refractivity contribution >= 4 is 23.4 Å². The summed E-state index contributed by atoms with van der Waals surface area (Å²) in [6, 6.07) is 4.03. The van der Waals surface area contributed by atoms with Gasteiger partial charge in [-0.1, -0.05) is 11.6 Å². The third-order valence-corrected chi connectivity index (χ3v) is 5.69. The van der Waals surface area contributed by atoms with Gasteiger partial charge in [0.2, 0.25) is 5.91 Å². The first-order valence-electron chi connectivity index (χ1n) is 8.57. The third-order valence-electron chi connectivity index (χ3n) is 5.40. The van der Waals surface area contributed by atoms with Crippen molar-refractivity contribution in [1.29, 1.82) is 0 Å². The van der Waals surface area contributed by atoms with E-state index in [2.05, 4.69) is 0 Å². The van der Waals surface area contributed by atoms with Crippen LogP contribution in [-0.4, -0.2) is 59.5 Å². The number of hydrogen-bond donors (Lipinski definition) is 1. The van der Waals surface area contributed by atoms with Crippen LogP contribution in [0.1, 0.15) is 36.0 Å². The van der Waals surface area contributed by atoms with Crippen LogP contribution in [0.2, 0.25) is 5.02 Å². The lowest BCUT2D eigenvalue weighted by molar-refractivity contribution is -0.139. The molecule has 2 aliphatic rings. The van der Waals surface area contributed by atoms with Crippen LogP contribution >= 0.6 is 11.6 Å². The van der Waals surface area contributed by atoms with Gasteiger partial charge in [-0.3, -0.25) is 9.59 Å². The third kappa shape index (κ3) is 3.80. The highest BCUT2D eigenvalue weighted by atomic mass is 35.5. The maximum absolute atomic E-state index is 13.3. The van der Waals surface area contributed by atoms with E-state index in [1.165, 1.54) is 18.2 Å². The standard InChI is InChI=1S/C18H22ClFN2O3/c19-14-11-13(1-2-15(14)20)17(25)21-7-5-18(6-8-21)4-3-16(24)22(12-18)9-10-23/h1-2,11,23H,3-10,12H2. The van der Waals surface area contributed by atoms with Crippen molar-refractivity contribution in [2.45, 2.75) is 25.7 Å². The molecule has 0 unspecified atom stereocenters. The number of rotatable bonds is 3. The second-order valence-corrected chi connectivity index (χ2v) is 7.37. The fraction of sp³-hybridized carbons (Fsp3) is 0.556. The molecule has 1 aromatic rings. The lowest BCUT2D eigenvalue weighted by Crippen LogP contribution is -2.52. The average Bonchev–Trinajstić information content (AvgIpc) is 2.61. The van der Waals surface area contributed by atoms with E-state index < -0.39 is 5.82 Å². The molecule has 0 aliphatic carbocycles. The molecule has 0 bridgehead atoms. The van der Waals surface area contributed by atoms with Crippen LogP contribution in [0, 0.1) is 11.2 Å². The molecule has 2 aliphatic heterocycles. The molecule has 0 aromatic heterocycles. The number of amides is 2. The Morgan fingerprint density at radius 2 is 2.00 bits per heavy atom. The van der Waals surface area contributed by atoms with Crippen molar-refractivity contribution in [2.24, 2.45) is 5.41 Å². The molecule has 0 saturated carbocycles. The lowest BCUT2D eigenvalue weighted by atomic mass is 9.72. The van der Waals surface area contributed by atoms with Gasteiger partial charge in [-0.15, -0.1) is 0 Å². The van der Waals surface area contributed by atoms with E-state index in [4.69, 9.17) is 16.7 Å². The molecule has 2 amide bonds. The average molecular weight is 369 g/mol. The highest BCUT2D eigenvalue weighted by Gasteiger charge is 2.41. The highest BCUT2D eigenvalue weighted by Crippen LogP contribution is 2.40. The lowest BCUT2D eigenvalue weighted by Gasteiger charge is -2.47. The van der Waals surface area contributed by atoms with Crippen LogP contribution in [0.3, 0.4) is 0 Å². The first-order valence-corrected chi connectivity index (χ1v) is 8.95. The molecule has 25 heavy (non-hydrogen) atoms. The van der Waals surface area contributed by atoms with Crippen LogP contribution in [0.5, 0.6) is 0 Å². The summed E-state index contributed by atoms with van der Waals surface area (Å²) in [6.07, 6.45) is 2.98. The number of β-amino-alcohol motifs (C(OH)–C–C–N with tert-alkyl or cyclic N) is 1. The van der Waals surface area contributed by atoms with E-state index in [1.54, 1.807) is 9.80 Å². The summed E-state index contributed by atoms with van der Waals surface area (Å²) in [5.74, 6) is -0.582. The van der Waals surface area contributed by atoms with Crippen LogP contribution in [-0.2, 0) is 4.79 Å². The van der Waals surface area contributed by atoms with Crippen molar-refractivity contribution in [2.75, 3.05) is 32.8 Å². The number of piperidine rings is 2. The Labute approximate surface area is 151 Å². The molecule has 1 spiro atoms. The van der Waals surface area contributed by atoms with E-state index in [1.807, 2.05) is 0 Å². The quantitative estimate of drug-likeness (QED) is 0.890. The number of carbonyl (C=O) groups excluding carboxylic acids is 2. The minimum atomic E-state index is -0.535. The molecule has 3 rings (SSSR count). The monoisotopic (exact) mass is 368 g/mol. The van der Waals surface area contributed by atoms with Gasteiger partial charge in [-0.25, -0.2) is 4.39 Å². The van der Waals surface area contributed by atoms with E-state index in [-0.39, 0.29) is 28.9 Å². The SMILES string of the molecule is O=C1CCC2(CCN(C(=O)c3ccc(F)c(Cl)c3)CC2)CN1CCO. The van der Waals surface area contributed by atoms with Gasteiger partial charge in [0.05, 0.1) is 11.6 Å². The molecular weight excluding hydrogens is 347 g/mol. The first kappa shape index (κ1) is 18.1. The molecule has 2 fully saturated rings. The van der Waals surface area contributed by atoms with Gasteiger partial charge in [0, 0.05) is 38.2 Å². The van der Waals surface area contributed by atoms with Crippen LogP contribution in [0.15, 0.2) is 18.2 Å². The molecule has 0 atom stereocenters. The first-order chi connectivity index (χ1) is 11.9. The number of halogens is 2. The number of nitrogens with zero attached hydrogens (tertiary/aromatic N) is 2. The normalized spacial score (nSPS) is 20.2. The summed E-state index contributed by atoms with van der Waals surface area (Å²) < 4.78 is 13.3. The molecule has 136 valence electrons. The molecule has 7 heteroatoms. The van der Waals surface area contributed by atoms with E-state index >= 15 is 0 Å². The second-order valence-electron chi connectivity index (χ2n) is 6.96. The van der Waals surface area contributed by atoms with Crippen LogP contribution < -0.4 is 0 Å². The predicted molar refractivity (Wildman–Crippen MR) is 91.9 cm³/mol. The number of hydrogen-bond acceptors (Lipinski definition) is 3. The minimum absolute atomic E-state index is 0.0281. The van der Waals surface area contributed by atoms with Gasteiger partial charge in [0.25, 0.3) is 5.91 Å². The number of carbonyl (C=O) groups is 2. The number of aliphatic hydroxyl groups excluding tert-OH is 1. The zero-order valence-corrected chi connectivity index (χ0v) is 14.8. The van der Waals surface area contributed by atoms with E-state index in [0.29, 0.717) is 38.2 Å². The summed E-state index contributed by atoms with van der Waals surface area (Å²) in [5.41, 5.74) is 0.420. The van der Waals surface area contributed by atoms with Crippen molar-refractivity contribution in [3.05, 3.63) is 34.6 Å². The summed E-state index contributed by atoms with van der Waals surface area (Å²) in [4.78, 5) is 28.0. The van der Waals surface area contributed by atoms with Gasteiger partial charge >= 0.3 is 0 Å². The smallest absolute Gasteiger partial charge is 0.253 e. The van der Waals surface area contributed by atoms with Crippen molar-refractivity contribution in [1.82, 2.24) is 9.80 Å². The molecule has 1 N–H and O–H groups in total. The van der Waals surface area contributed by atoms with Gasteiger partial charge in [0.1, 0.15) is 5.82 Å². The summed E-state index contributed by atoms with van der Waals surface area (Å²) in [7, 11) is 0. The number of benzene rings is 1. The molecule has 1 aromatic carbocycles. The van der Waals surface area contributed by atoms with Crippen molar-refractivity contribution in [3.63, 3.8) is 0 Å². The van der Waals surface area contributed by atoms with E-state index in [0.717, 1.165) is 19.3 Å². The van der Waals surface area contributed by atoms with Gasteiger partial charge in [-0.05, 0) is 42.9 Å². The van der Waals surface area contributed by atoms with Gasteiger partial charge in [0.15, 0.2) is 0 Å². The summed E-state index contributed by atoms with van der Waals surface area (Å²) >= 11 is 5.77. The maximum atomic E-state index is 13.3. The highest BCUT2D eigenvalue weighted by molar-refractivity contribution is 6.31. The molecular formula is C18H22ClFN2O3.